The van der Waals surface area contributed by atoms with Crippen molar-refractivity contribution in [3.63, 3.8) is 0 Å². The first-order valence-corrected chi connectivity index (χ1v) is 4.18. The fraction of sp³-hybridized carbons (Fsp3) is 0.125. The molecule has 1 N–H and O–H groups in total. The lowest BCUT2D eigenvalue weighted by Gasteiger charge is -2.08. The van der Waals surface area contributed by atoms with Crippen molar-refractivity contribution in [2.45, 2.75) is 6.61 Å². The average Bonchev–Trinajstić information content (AvgIpc) is 2.03. The van der Waals surface area contributed by atoms with Gasteiger partial charge in [-0.05, 0) is 28.1 Å². The first-order chi connectivity index (χ1) is 6.15. The van der Waals surface area contributed by atoms with Crippen LogP contribution in [0.3, 0.4) is 0 Å². The Morgan fingerprint density at radius 2 is 2.15 bits per heavy atom. The van der Waals surface area contributed by atoms with Gasteiger partial charge in [-0.1, -0.05) is 6.07 Å². The summed E-state index contributed by atoms with van der Waals surface area (Å²) >= 11 is 3.12. The lowest BCUT2D eigenvalue weighted by molar-refractivity contribution is -0.0499. The average molecular weight is 250 g/mol. The summed E-state index contributed by atoms with van der Waals surface area (Å²) in [5.74, 6) is -0.000579. The smallest absolute Gasteiger partial charge is 0.387 e. The monoisotopic (exact) mass is 249 g/mol. The van der Waals surface area contributed by atoms with E-state index in [4.69, 9.17) is 5.41 Å². The summed E-state index contributed by atoms with van der Waals surface area (Å²) < 4.78 is 28.5. The highest BCUT2D eigenvalue weighted by Crippen LogP contribution is 2.25. The van der Waals surface area contributed by atoms with E-state index >= 15 is 0 Å². The van der Waals surface area contributed by atoms with Gasteiger partial charge in [-0.2, -0.15) is 8.78 Å². The molecule has 1 aromatic carbocycles. The summed E-state index contributed by atoms with van der Waals surface area (Å²) in [6.45, 7) is -2.87. The highest BCUT2D eigenvalue weighted by atomic mass is 79.9. The first kappa shape index (κ1) is 10.1. The van der Waals surface area contributed by atoms with E-state index in [-0.39, 0.29) is 5.75 Å². The number of halogens is 3. The van der Waals surface area contributed by atoms with E-state index in [0.29, 0.717) is 10.0 Å². The van der Waals surface area contributed by atoms with Crippen LogP contribution in [0.4, 0.5) is 8.78 Å². The Labute approximate surface area is 82.2 Å². The molecule has 1 rings (SSSR count). The molecular formula is C8H6BrF2NO. The predicted molar refractivity (Wildman–Crippen MR) is 48.7 cm³/mol. The van der Waals surface area contributed by atoms with E-state index < -0.39 is 6.61 Å². The van der Waals surface area contributed by atoms with Crippen molar-refractivity contribution >= 4 is 22.1 Å². The quantitative estimate of drug-likeness (QED) is 0.821. The van der Waals surface area contributed by atoms with Gasteiger partial charge in [-0.25, -0.2) is 0 Å². The Balaban J connectivity index is 3.05. The normalized spacial score (nSPS) is 10.2. The third-order valence-electron chi connectivity index (χ3n) is 1.37. The van der Waals surface area contributed by atoms with Gasteiger partial charge in [0.05, 0.1) is 0 Å². The molecule has 0 saturated heterocycles. The van der Waals surface area contributed by atoms with Gasteiger partial charge in [0.25, 0.3) is 0 Å². The topological polar surface area (TPSA) is 33.1 Å². The summed E-state index contributed by atoms with van der Waals surface area (Å²) in [5.41, 5.74) is 0.308. The van der Waals surface area contributed by atoms with Crippen molar-refractivity contribution in [1.29, 1.82) is 5.41 Å². The second-order valence-electron chi connectivity index (χ2n) is 2.17. The standard InChI is InChI=1S/C8H6BrF2NO/c9-6-2-1-3-7(5(6)4-12)13-8(10)11/h1-4,8,12H. The second kappa shape index (κ2) is 4.32. The van der Waals surface area contributed by atoms with Crippen LogP contribution in [0, 0.1) is 5.41 Å². The van der Waals surface area contributed by atoms with E-state index in [1.807, 2.05) is 0 Å². The molecule has 0 spiro atoms. The maximum absolute atomic E-state index is 11.9. The van der Waals surface area contributed by atoms with Crippen molar-refractivity contribution in [2.24, 2.45) is 0 Å². The van der Waals surface area contributed by atoms with E-state index in [0.717, 1.165) is 6.21 Å². The zero-order chi connectivity index (χ0) is 9.84. The lowest BCUT2D eigenvalue weighted by atomic mass is 10.2. The first-order valence-electron chi connectivity index (χ1n) is 3.39. The maximum atomic E-state index is 11.9. The Bertz CT molecular complexity index is 317. The minimum atomic E-state index is -2.87. The van der Waals surface area contributed by atoms with Gasteiger partial charge in [0, 0.05) is 16.3 Å². The Morgan fingerprint density at radius 1 is 1.46 bits per heavy atom. The summed E-state index contributed by atoms with van der Waals surface area (Å²) in [7, 11) is 0. The summed E-state index contributed by atoms with van der Waals surface area (Å²) in [6.07, 6.45) is 0.960. The highest BCUT2D eigenvalue weighted by Gasteiger charge is 2.09. The second-order valence-corrected chi connectivity index (χ2v) is 3.03. The SMILES string of the molecule is N=Cc1c(Br)cccc1OC(F)F. The molecule has 0 aliphatic carbocycles. The summed E-state index contributed by atoms with van der Waals surface area (Å²) in [6, 6.07) is 4.60. The maximum Gasteiger partial charge on any atom is 0.387 e. The van der Waals surface area contributed by atoms with Crippen LogP contribution in [-0.4, -0.2) is 12.8 Å². The number of hydrogen-bond acceptors (Lipinski definition) is 2. The molecule has 0 bridgehead atoms. The number of nitrogens with one attached hydrogen (secondary N) is 1. The molecule has 0 unspecified atom stereocenters. The number of ether oxygens (including phenoxy) is 1. The molecule has 1 aromatic rings. The minimum Gasteiger partial charge on any atom is -0.434 e. The number of benzene rings is 1. The van der Waals surface area contributed by atoms with Gasteiger partial charge in [0.2, 0.25) is 0 Å². The van der Waals surface area contributed by atoms with Gasteiger partial charge in [0.1, 0.15) is 5.75 Å². The van der Waals surface area contributed by atoms with Crippen LogP contribution in [0.2, 0.25) is 0 Å². The van der Waals surface area contributed by atoms with Crippen LogP contribution in [-0.2, 0) is 0 Å². The largest absolute Gasteiger partial charge is 0.434 e. The number of rotatable bonds is 3. The molecule has 2 nitrogen and oxygen atoms in total. The third kappa shape index (κ3) is 2.48. The van der Waals surface area contributed by atoms with Gasteiger partial charge in [-0.3, -0.25) is 0 Å². The Morgan fingerprint density at radius 3 is 2.69 bits per heavy atom. The minimum absolute atomic E-state index is 0.000579. The zero-order valence-electron chi connectivity index (χ0n) is 6.43. The fourth-order valence-corrected chi connectivity index (χ4v) is 1.32. The van der Waals surface area contributed by atoms with Gasteiger partial charge >= 0.3 is 6.61 Å². The van der Waals surface area contributed by atoms with Gasteiger partial charge in [0.15, 0.2) is 0 Å². The predicted octanol–water partition coefficient (Wildman–Crippen LogP) is 3.05. The van der Waals surface area contributed by atoms with Crippen LogP contribution in [0.15, 0.2) is 22.7 Å². The van der Waals surface area contributed by atoms with Gasteiger partial charge in [-0.15, -0.1) is 0 Å². The third-order valence-corrected chi connectivity index (χ3v) is 2.06. The molecular weight excluding hydrogens is 244 g/mol. The zero-order valence-corrected chi connectivity index (χ0v) is 8.01. The molecule has 0 atom stereocenters. The Hall–Kier alpha value is -0.970. The molecule has 5 heteroatoms. The van der Waals surface area contributed by atoms with Crippen molar-refractivity contribution in [2.75, 3.05) is 0 Å². The van der Waals surface area contributed by atoms with Crippen LogP contribution in [0.5, 0.6) is 5.75 Å². The van der Waals surface area contributed by atoms with Crippen LogP contribution in [0.1, 0.15) is 5.56 Å². The lowest BCUT2D eigenvalue weighted by Crippen LogP contribution is -2.04. The molecule has 0 saturated carbocycles. The number of hydrogen-bond donors (Lipinski definition) is 1. The molecule has 0 aliphatic heterocycles. The van der Waals surface area contributed by atoms with Crippen LogP contribution in [0.25, 0.3) is 0 Å². The van der Waals surface area contributed by atoms with Gasteiger partial charge < -0.3 is 10.1 Å². The molecule has 0 fully saturated rings. The summed E-state index contributed by atoms with van der Waals surface area (Å²) in [5, 5.41) is 6.99. The van der Waals surface area contributed by atoms with Crippen molar-refractivity contribution < 1.29 is 13.5 Å². The molecule has 13 heavy (non-hydrogen) atoms. The molecule has 0 aliphatic rings. The van der Waals surface area contributed by atoms with E-state index in [1.54, 1.807) is 12.1 Å². The Kier molecular flexibility index (Phi) is 3.36. The number of alkyl halides is 2. The van der Waals surface area contributed by atoms with Crippen molar-refractivity contribution in [1.82, 2.24) is 0 Å². The van der Waals surface area contributed by atoms with Crippen LogP contribution < -0.4 is 4.74 Å². The van der Waals surface area contributed by atoms with E-state index in [1.165, 1.54) is 6.07 Å². The highest BCUT2D eigenvalue weighted by molar-refractivity contribution is 9.10. The fourth-order valence-electron chi connectivity index (χ4n) is 0.856. The van der Waals surface area contributed by atoms with E-state index in [9.17, 15) is 8.78 Å². The van der Waals surface area contributed by atoms with Crippen molar-refractivity contribution in [3.8, 4) is 5.75 Å². The van der Waals surface area contributed by atoms with Crippen LogP contribution >= 0.6 is 15.9 Å². The van der Waals surface area contributed by atoms with Crippen molar-refractivity contribution in [3.05, 3.63) is 28.2 Å². The molecule has 0 heterocycles. The molecule has 0 radical (unpaired) electrons. The molecule has 70 valence electrons. The van der Waals surface area contributed by atoms with E-state index in [2.05, 4.69) is 20.7 Å². The molecule has 0 amide bonds. The summed E-state index contributed by atoms with van der Waals surface area (Å²) in [4.78, 5) is 0. The molecule has 0 aromatic heterocycles.